The lowest BCUT2D eigenvalue weighted by Gasteiger charge is -2.47. The molecule has 3 unspecified atom stereocenters. The highest BCUT2D eigenvalue weighted by molar-refractivity contribution is 4.98. The summed E-state index contributed by atoms with van der Waals surface area (Å²) < 4.78 is 6.26. The monoisotopic (exact) mass is 269 g/mol. The number of nitrogens with one attached hydrogen (secondary N) is 1. The van der Waals surface area contributed by atoms with Crippen molar-refractivity contribution in [1.29, 1.82) is 0 Å². The van der Waals surface area contributed by atoms with Gasteiger partial charge in [-0.3, -0.25) is 0 Å². The first-order chi connectivity index (χ1) is 9.18. The lowest BCUT2D eigenvalue weighted by atomic mass is 9.68. The van der Waals surface area contributed by atoms with Crippen LogP contribution in [0.4, 0.5) is 0 Å². The van der Waals surface area contributed by atoms with Crippen LogP contribution in [0.15, 0.2) is 0 Å². The fraction of sp³-hybridized carbons (Fsp3) is 1.00. The Kier molecular flexibility index (Phi) is 7.38. The molecule has 0 radical (unpaired) electrons. The van der Waals surface area contributed by atoms with Crippen LogP contribution >= 0.6 is 0 Å². The predicted octanol–water partition coefficient (Wildman–Crippen LogP) is 4.39. The molecular formula is C17H35NO. The first-order valence-electron chi connectivity index (χ1n) is 8.50. The highest BCUT2D eigenvalue weighted by atomic mass is 16.5. The highest BCUT2D eigenvalue weighted by Crippen LogP contribution is 2.40. The average molecular weight is 269 g/mol. The van der Waals surface area contributed by atoms with Crippen molar-refractivity contribution in [3.63, 3.8) is 0 Å². The average Bonchev–Trinajstić information content (AvgIpc) is 2.47. The van der Waals surface area contributed by atoms with Gasteiger partial charge in [0.15, 0.2) is 0 Å². The summed E-state index contributed by atoms with van der Waals surface area (Å²) in [5.41, 5.74) is 0.0267. The van der Waals surface area contributed by atoms with Crippen molar-refractivity contribution in [2.45, 2.75) is 84.3 Å². The zero-order chi connectivity index (χ0) is 14.3. The van der Waals surface area contributed by atoms with Crippen molar-refractivity contribution in [2.24, 2.45) is 11.8 Å². The number of rotatable bonds is 8. The van der Waals surface area contributed by atoms with Crippen LogP contribution in [0.5, 0.6) is 0 Å². The molecule has 0 saturated heterocycles. The Morgan fingerprint density at radius 3 is 2.21 bits per heavy atom. The van der Waals surface area contributed by atoms with Gasteiger partial charge in [-0.15, -0.1) is 0 Å². The fourth-order valence-corrected chi connectivity index (χ4v) is 4.32. The third-order valence-electron chi connectivity index (χ3n) is 5.43. The summed E-state index contributed by atoms with van der Waals surface area (Å²) in [6.07, 6.45) is 9.14. The second-order valence-electron chi connectivity index (χ2n) is 6.09. The molecule has 0 bridgehead atoms. The Hall–Kier alpha value is -0.0800. The summed E-state index contributed by atoms with van der Waals surface area (Å²) in [6, 6.07) is 0.507. The number of hydrogen-bond acceptors (Lipinski definition) is 2. The molecule has 114 valence electrons. The van der Waals surface area contributed by atoms with Gasteiger partial charge >= 0.3 is 0 Å². The first-order valence-corrected chi connectivity index (χ1v) is 8.50. The van der Waals surface area contributed by atoms with Gasteiger partial charge in [-0.2, -0.15) is 0 Å². The maximum atomic E-state index is 6.26. The van der Waals surface area contributed by atoms with E-state index in [-0.39, 0.29) is 5.60 Å². The van der Waals surface area contributed by atoms with Crippen molar-refractivity contribution in [2.75, 3.05) is 13.7 Å². The van der Waals surface area contributed by atoms with E-state index in [9.17, 15) is 0 Å². The molecule has 2 heteroatoms. The van der Waals surface area contributed by atoms with E-state index in [0.29, 0.717) is 6.04 Å². The molecule has 0 aromatic rings. The van der Waals surface area contributed by atoms with Crippen molar-refractivity contribution in [3.8, 4) is 0 Å². The summed E-state index contributed by atoms with van der Waals surface area (Å²) in [7, 11) is 2.13. The van der Waals surface area contributed by atoms with E-state index in [1.54, 1.807) is 0 Å². The summed E-state index contributed by atoms with van der Waals surface area (Å²) >= 11 is 0. The zero-order valence-corrected chi connectivity index (χ0v) is 13.8. The molecule has 1 aliphatic rings. The van der Waals surface area contributed by atoms with Gasteiger partial charge in [0, 0.05) is 12.6 Å². The van der Waals surface area contributed by atoms with Gasteiger partial charge in [-0.05, 0) is 45.1 Å². The molecule has 0 aliphatic heterocycles. The van der Waals surface area contributed by atoms with Crippen molar-refractivity contribution in [1.82, 2.24) is 5.32 Å². The Morgan fingerprint density at radius 1 is 1.11 bits per heavy atom. The van der Waals surface area contributed by atoms with Crippen LogP contribution in [0.1, 0.15) is 72.6 Å². The quantitative estimate of drug-likeness (QED) is 0.706. The van der Waals surface area contributed by atoms with Crippen molar-refractivity contribution < 1.29 is 4.74 Å². The minimum atomic E-state index is 0.0267. The minimum absolute atomic E-state index is 0.0267. The van der Waals surface area contributed by atoms with E-state index in [1.807, 2.05) is 0 Å². The van der Waals surface area contributed by atoms with Crippen LogP contribution in [0.3, 0.4) is 0 Å². The summed E-state index contributed by atoms with van der Waals surface area (Å²) in [5.74, 6) is 1.67. The number of hydrogen-bond donors (Lipinski definition) is 1. The molecule has 0 heterocycles. The van der Waals surface area contributed by atoms with Gasteiger partial charge in [-0.1, -0.05) is 46.5 Å². The van der Waals surface area contributed by atoms with E-state index < -0.39 is 0 Å². The predicted molar refractivity (Wildman–Crippen MR) is 83.5 cm³/mol. The van der Waals surface area contributed by atoms with Crippen molar-refractivity contribution >= 4 is 0 Å². The summed E-state index contributed by atoms with van der Waals surface area (Å²) in [6.45, 7) is 9.88. The smallest absolute Gasteiger partial charge is 0.0832 e. The Morgan fingerprint density at radius 2 is 1.74 bits per heavy atom. The summed E-state index contributed by atoms with van der Waals surface area (Å²) in [5, 5.41) is 3.64. The zero-order valence-electron chi connectivity index (χ0n) is 13.8. The van der Waals surface area contributed by atoms with Gasteiger partial charge in [0.1, 0.15) is 0 Å². The van der Waals surface area contributed by atoms with E-state index in [1.165, 1.54) is 32.1 Å². The molecule has 1 N–H and O–H groups in total. The molecular weight excluding hydrogens is 234 g/mol. The SMILES string of the molecule is CCOC(CC)(CC)C(NC)C1CCCCC1CC. The fourth-order valence-electron chi connectivity index (χ4n) is 4.32. The topological polar surface area (TPSA) is 21.3 Å². The van der Waals surface area contributed by atoms with Gasteiger partial charge in [0.2, 0.25) is 0 Å². The van der Waals surface area contributed by atoms with Crippen LogP contribution in [0.2, 0.25) is 0 Å². The maximum Gasteiger partial charge on any atom is 0.0832 e. The second-order valence-corrected chi connectivity index (χ2v) is 6.09. The molecule has 1 aliphatic carbocycles. The van der Waals surface area contributed by atoms with Crippen LogP contribution in [0.25, 0.3) is 0 Å². The van der Waals surface area contributed by atoms with E-state index in [4.69, 9.17) is 4.74 Å². The van der Waals surface area contributed by atoms with E-state index in [0.717, 1.165) is 31.3 Å². The Bertz CT molecular complexity index is 237. The van der Waals surface area contributed by atoms with Crippen LogP contribution < -0.4 is 5.32 Å². The lowest BCUT2D eigenvalue weighted by molar-refractivity contribution is -0.0940. The first kappa shape index (κ1) is 17.0. The van der Waals surface area contributed by atoms with E-state index in [2.05, 4.69) is 40.1 Å². The molecule has 0 aromatic heterocycles. The third kappa shape index (κ3) is 3.72. The molecule has 0 amide bonds. The molecule has 3 atom stereocenters. The van der Waals surface area contributed by atoms with Crippen LogP contribution in [0, 0.1) is 11.8 Å². The molecule has 1 rings (SSSR count). The molecule has 0 spiro atoms. The molecule has 1 fully saturated rings. The second kappa shape index (κ2) is 8.26. The van der Waals surface area contributed by atoms with Gasteiger partial charge in [0.05, 0.1) is 5.60 Å². The molecule has 1 saturated carbocycles. The number of ether oxygens (including phenoxy) is 1. The molecule has 2 nitrogen and oxygen atoms in total. The van der Waals surface area contributed by atoms with Crippen molar-refractivity contribution in [3.05, 3.63) is 0 Å². The van der Waals surface area contributed by atoms with Gasteiger partial charge < -0.3 is 10.1 Å². The Labute approximate surface area is 120 Å². The normalized spacial score (nSPS) is 26.4. The third-order valence-corrected chi connectivity index (χ3v) is 5.43. The lowest BCUT2D eigenvalue weighted by Crippen LogP contribution is -2.56. The maximum absolute atomic E-state index is 6.26. The largest absolute Gasteiger partial charge is 0.374 e. The standard InChI is InChI=1S/C17H35NO/c1-6-14-12-10-11-13-15(14)16(18-5)17(7-2,8-3)19-9-4/h14-16,18H,6-13H2,1-5H3. The van der Waals surface area contributed by atoms with Gasteiger partial charge in [0.25, 0.3) is 0 Å². The Balaban J connectivity index is 2.93. The molecule has 19 heavy (non-hydrogen) atoms. The number of likely N-dealkylation sites (N-methyl/N-ethyl adjacent to an activating group) is 1. The van der Waals surface area contributed by atoms with Crippen LogP contribution in [-0.4, -0.2) is 25.3 Å². The molecule has 0 aromatic carbocycles. The van der Waals surface area contributed by atoms with E-state index >= 15 is 0 Å². The minimum Gasteiger partial charge on any atom is -0.374 e. The summed E-state index contributed by atoms with van der Waals surface area (Å²) in [4.78, 5) is 0. The van der Waals surface area contributed by atoms with Crippen LogP contribution in [-0.2, 0) is 4.74 Å². The highest BCUT2D eigenvalue weighted by Gasteiger charge is 2.43. The van der Waals surface area contributed by atoms with Gasteiger partial charge in [-0.25, -0.2) is 0 Å².